The number of amides is 3. The third kappa shape index (κ3) is 3.37. The van der Waals surface area contributed by atoms with Crippen molar-refractivity contribution in [2.75, 3.05) is 6.61 Å². The van der Waals surface area contributed by atoms with Gasteiger partial charge >= 0.3 is 6.03 Å². The van der Waals surface area contributed by atoms with E-state index in [9.17, 15) is 19.8 Å². The van der Waals surface area contributed by atoms with Crippen molar-refractivity contribution >= 4 is 18.4 Å². The molecule has 0 saturated carbocycles. The van der Waals surface area contributed by atoms with Gasteiger partial charge in [0.05, 0.1) is 6.61 Å². The SMILES string of the molecule is N/C(=N/C(=O)N[C@@H]1O[C@H](CO)C(O)[C@@H]1O)NC=O. The molecule has 102 valence electrons. The molecule has 10 nitrogen and oxygen atoms in total. The Hall–Kier alpha value is -1.75. The molecule has 0 aliphatic carbocycles. The van der Waals surface area contributed by atoms with E-state index in [1.165, 1.54) is 0 Å². The van der Waals surface area contributed by atoms with Crippen molar-refractivity contribution in [3.8, 4) is 0 Å². The van der Waals surface area contributed by atoms with Gasteiger partial charge in [-0.1, -0.05) is 0 Å². The first-order chi connectivity index (χ1) is 8.49. The topological polar surface area (TPSA) is 166 Å². The lowest BCUT2D eigenvalue weighted by Crippen LogP contribution is -2.44. The molecule has 1 aliphatic rings. The van der Waals surface area contributed by atoms with Crippen LogP contribution in [0.15, 0.2) is 4.99 Å². The molecule has 0 radical (unpaired) electrons. The van der Waals surface area contributed by atoms with Crippen LogP contribution in [0.2, 0.25) is 0 Å². The molecule has 1 heterocycles. The molecular formula is C8H14N4O6. The molecule has 1 unspecified atom stereocenters. The van der Waals surface area contributed by atoms with Gasteiger partial charge in [0.25, 0.3) is 0 Å². The molecule has 0 bridgehead atoms. The number of urea groups is 1. The van der Waals surface area contributed by atoms with Crippen molar-refractivity contribution in [2.45, 2.75) is 24.5 Å². The molecule has 7 N–H and O–H groups in total. The van der Waals surface area contributed by atoms with Gasteiger partial charge in [0, 0.05) is 0 Å². The van der Waals surface area contributed by atoms with Gasteiger partial charge < -0.3 is 31.1 Å². The van der Waals surface area contributed by atoms with E-state index in [1.807, 2.05) is 5.32 Å². The molecule has 1 rings (SSSR count). The lowest BCUT2D eigenvalue weighted by molar-refractivity contribution is -0.108. The number of carbonyl (C=O) groups is 2. The molecule has 18 heavy (non-hydrogen) atoms. The first kappa shape index (κ1) is 14.3. The quantitative estimate of drug-likeness (QED) is 0.172. The fourth-order valence-corrected chi connectivity index (χ4v) is 1.37. The maximum absolute atomic E-state index is 11.3. The van der Waals surface area contributed by atoms with E-state index in [0.29, 0.717) is 0 Å². The van der Waals surface area contributed by atoms with Crippen LogP contribution in [0, 0.1) is 0 Å². The number of hydrogen-bond donors (Lipinski definition) is 6. The second kappa shape index (κ2) is 6.26. The maximum atomic E-state index is 11.3. The smallest absolute Gasteiger partial charge is 0.346 e. The highest BCUT2D eigenvalue weighted by molar-refractivity contribution is 5.95. The minimum absolute atomic E-state index is 0.235. The molecule has 10 heteroatoms. The van der Waals surface area contributed by atoms with E-state index in [1.54, 1.807) is 0 Å². The van der Waals surface area contributed by atoms with Crippen LogP contribution in [-0.4, -0.2) is 64.9 Å². The number of aliphatic hydroxyl groups is 3. The van der Waals surface area contributed by atoms with Crippen LogP contribution in [0.1, 0.15) is 0 Å². The van der Waals surface area contributed by atoms with Gasteiger partial charge in [-0.05, 0) is 0 Å². The minimum Gasteiger partial charge on any atom is -0.394 e. The van der Waals surface area contributed by atoms with E-state index in [-0.39, 0.29) is 6.41 Å². The van der Waals surface area contributed by atoms with Crippen molar-refractivity contribution in [1.82, 2.24) is 10.6 Å². The number of ether oxygens (including phenoxy) is 1. The predicted octanol–water partition coefficient (Wildman–Crippen LogP) is -3.80. The highest BCUT2D eigenvalue weighted by Gasteiger charge is 2.43. The van der Waals surface area contributed by atoms with Crippen LogP contribution in [-0.2, 0) is 9.53 Å². The molecule has 4 atom stereocenters. The standard InChI is InChI=1S/C8H14N4O6/c9-7(10-2-14)12-8(17)11-6-5(16)4(15)3(1-13)18-6/h2-6,13,15-16H,1H2,(H4,9,10,11,12,14,17)/t3-,4?,5+,6-/m1/s1. The van der Waals surface area contributed by atoms with Crippen molar-refractivity contribution in [1.29, 1.82) is 0 Å². The van der Waals surface area contributed by atoms with Crippen LogP contribution >= 0.6 is 0 Å². The van der Waals surface area contributed by atoms with E-state index in [4.69, 9.17) is 15.6 Å². The maximum Gasteiger partial charge on any atom is 0.346 e. The Kier molecular flexibility index (Phi) is 4.97. The summed E-state index contributed by atoms with van der Waals surface area (Å²) in [7, 11) is 0. The van der Waals surface area contributed by atoms with Gasteiger partial charge in [-0.25, -0.2) is 4.79 Å². The zero-order valence-electron chi connectivity index (χ0n) is 9.18. The summed E-state index contributed by atoms with van der Waals surface area (Å²) in [6, 6.07) is -0.975. The Morgan fingerprint density at radius 3 is 2.61 bits per heavy atom. The highest BCUT2D eigenvalue weighted by atomic mass is 16.6. The predicted molar refractivity (Wildman–Crippen MR) is 57.1 cm³/mol. The number of rotatable bonds is 3. The number of guanidine groups is 1. The molecule has 0 aromatic heterocycles. The van der Waals surface area contributed by atoms with Crippen LogP contribution < -0.4 is 16.4 Å². The van der Waals surface area contributed by atoms with Crippen molar-refractivity contribution in [3.05, 3.63) is 0 Å². The second-order valence-corrected chi connectivity index (χ2v) is 3.47. The number of nitrogens with one attached hydrogen (secondary N) is 2. The van der Waals surface area contributed by atoms with Crippen molar-refractivity contribution in [3.63, 3.8) is 0 Å². The molecule has 3 amide bonds. The molecule has 0 aromatic carbocycles. The molecule has 1 fully saturated rings. The number of carbonyl (C=O) groups excluding carboxylic acids is 2. The van der Waals surface area contributed by atoms with E-state index < -0.39 is 43.1 Å². The van der Waals surface area contributed by atoms with Gasteiger partial charge in [0.2, 0.25) is 12.4 Å². The number of aliphatic imine (C=N–C) groups is 1. The molecule has 1 saturated heterocycles. The number of nitrogens with zero attached hydrogens (tertiary/aromatic N) is 1. The summed E-state index contributed by atoms with van der Waals surface area (Å²) >= 11 is 0. The van der Waals surface area contributed by atoms with Gasteiger partial charge in [0.15, 0.2) is 6.23 Å². The average molecular weight is 262 g/mol. The Morgan fingerprint density at radius 2 is 2.11 bits per heavy atom. The number of nitrogens with two attached hydrogens (primary N) is 1. The van der Waals surface area contributed by atoms with Crippen LogP contribution in [0.25, 0.3) is 0 Å². The summed E-state index contributed by atoms with van der Waals surface area (Å²) in [4.78, 5) is 24.5. The lowest BCUT2D eigenvalue weighted by atomic mass is 10.1. The average Bonchev–Trinajstić information content (AvgIpc) is 2.57. The zero-order chi connectivity index (χ0) is 13.7. The van der Waals surface area contributed by atoms with E-state index in [0.717, 1.165) is 0 Å². The lowest BCUT2D eigenvalue weighted by Gasteiger charge is -2.14. The molecule has 0 aromatic rings. The zero-order valence-corrected chi connectivity index (χ0v) is 9.18. The highest BCUT2D eigenvalue weighted by Crippen LogP contribution is 2.19. The third-order valence-corrected chi connectivity index (χ3v) is 2.24. The van der Waals surface area contributed by atoms with Crippen molar-refractivity contribution in [2.24, 2.45) is 10.7 Å². The third-order valence-electron chi connectivity index (χ3n) is 2.24. The van der Waals surface area contributed by atoms with E-state index in [2.05, 4.69) is 10.3 Å². The summed E-state index contributed by atoms with van der Waals surface area (Å²) in [5.74, 6) is -0.436. The summed E-state index contributed by atoms with van der Waals surface area (Å²) < 4.78 is 4.97. The van der Waals surface area contributed by atoms with E-state index >= 15 is 0 Å². The summed E-state index contributed by atoms with van der Waals surface area (Å²) in [6.07, 6.45) is -4.72. The largest absolute Gasteiger partial charge is 0.394 e. The van der Waals surface area contributed by atoms with Crippen LogP contribution in [0.4, 0.5) is 4.79 Å². The van der Waals surface area contributed by atoms with Gasteiger partial charge in [-0.15, -0.1) is 0 Å². The summed E-state index contributed by atoms with van der Waals surface area (Å²) in [6.45, 7) is -0.511. The van der Waals surface area contributed by atoms with Gasteiger partial charge in [0.1, 0.15) is 18.3 Å². The van der Waals surface area contributed by atoms with Crippen LogP contribution in [0.3, 0.4) is 0 Å². The molecule has 0 spiro atoms. The Morgan fingerprint density at radius 1 is 1.44 bits per heavy atom. The van der Waals surface area contributed by atoms with Gasteiger partial charge in [-0.2, -0.15) is 4.99 Å². The summed E-state index contributed by atoms with van der Waals surface area (Å²) in [5.41, 5.74) is 5.13. The fourth-order valence-electron chi connectivity index (χ4n) is 1.37. The van der Waals surface area contributed by atoms with Crippen LogP contribution in [0.5, 0.6) is 0 Å². The Balaban J connectivity index is 2.55. The normalized spacial score (nSPS) is 32.1. The number of aliphatic hydroxyl groups excluding tert-OH is 3. The summed E-state index contributed by atoms with van der Waals surface area (Å²) in [5, 5.41) is 31.8. The molecular weight excluding hydrogens is 248 g/mol. The monoisotopic (exact) mass is 262 g/mol. The Bertz CT molecular complexity index is 348. The molecule has 1 aliphatic heterocycles. The second-order valence-electron chi connectivity index (χ2n) is 3.47. The fraction of sp³-hybridized carbons (Fsp3) is 0.625. The van der Waals surface area contributed by atoms with Gasteiger partial charge in [-0.3, -0.25) is 10.1 Å². The number of hydrogen-bond acceptors (Lipinski definition) is 6. The Labute approximate surface area is 101 Å². The minimum atomic E-state index is -1.40. The van der Waals surface area contributed by atoms with Crippen molar-refractivity contribution < 1.29 is 29.6 Å². The first-order valence-corrected chi connectivity index (χ1v) is 4.97. The first-order valence-electron chi connectivity index (χ1n) is 4.97.